The summed E-state index contributed by atoms with van der Waals surface area (Å²) in [6, 6.07) is -0.854. The summed E-state index contributed by atoms with van der Waals surface area (Å²) in [5.41, 5.74) is 6.63. The molecule has 0 radical (unpaired) electrons. The number of aryl methyl sites for hydroxylation is 2. The second kappa shape index (κ2) is 6.15. The van der Waals surface area contributed by atoms with Gasteiger partial charge in [-0.3, -0.25) is 9.48 Å². The molecule has 0 saturated carbocycles. The quantitative estimate of drug-likeness (QED) is 0.870. The second-order valence-electron chi connectivity index (χ2n) is 4.67. The van der Waals surface area contributed by atoms with Gasteiger partial charge in [-0.1, -0.05) is 6.92 Å². The number of aromatic nitrogens is 3. The van der Waals surface area contributed by atoms with Crippen molar-refractivity contribution in [1.82, 2.24) is 20.1 Å². The standard InChI is InChI=1S/C13H19N5OS/c1-4-10-6-15-13(20-10)8(2)17-12(19)11(14)9-5-16-18(3)7-9/h5-8,11H,4,14H2,1-3H3,(H,17,19). The molecule has 0 spiro atoms. The van der Waals surface area contributed by atoms with Crippen LogP contribution in [0.2, 0.25) is 0 Å². The minimum absolute atomic E-state index is 0.143. The van der Waals surface area contributed by atoms with Crippen LogP contribution in [-0.2, 0) is 18.3 Å². The summed E-state index contributed by atoms with van der Waals surface area (Å²) in [4.78, 5) is 17.6. The van der Waals surface area contributed by atoms with E-state index < -0.39 is 6.04 Å². The molecule has 2 aromatic heterocycles. The zero-order valence-corrected chi connectivity index (χ0v) is 12.6. The van der Waals surface area contributed by atoms with Gasteiger partial charge < -0.3 is 11.1 Å². The van der Waals surface area contributed by atoms with Crippen LogP contribution in [0.15, 0.2) is 18.6 Å². The number of thiazole rings is 1. The van der Waals surface area contributed by atoms with Gasteiger partial charge in [-0.25, -0.2) is 4.98 Å². The lowest BCUT2D eigenvalue weighted by molar-refractivity contribution is -0.123. The van der Waals surface area contributed by atoms with Crippen molar-refractivity contribution in [2.24, 2.45) is 12.8 Å². The highest BCUT2D eigenvalue weighted by Gasteiger charge is 2.20. The van der Waals surface area contributed by atoms with Crippen molar-refractivity contribution in [3.05, 3.63) is 34.0 Å². The lowest BCUT2D eigenvalue weighted by Gasteiger charge is -2.15. The minimum atomic E-state index is -0.711. The molecule has 2 atom stereocenters. The molecule has 0 aromatic carbocycles. The summed E-state index contributed by atoms with van der Waals surface area (Å²) in [7, 11) is 1.79. The van der Waals surface area contributed by atoms with Gasteiger partial charge in [0.05, 0.1) is 12.2 Å². The van der Waals surface area contributed by atoms with Crippen LogP contribution in [0.5, 0.6) is 0 Å². The predicted molar refractivity (Wildman–Crippen MR) is 78.2 cm³/mol. The molecule has 0 aliphatic heterocycles. The molecule has 0 aliphatic rings. The fourth-order valence-electron chi connectivity index (χ4n) is 1.80. The first-order chi connectivity index (χ1) is 9.51. The van der Waals surface area contributed by atoms with E-state index in [1.54, 1.807) is 35.5 Å². The highest BCUT2D eigenvalue weighted by atomic mass is 32.1. The van der Waals surface area contributed by atoms with E-state index in [0.717, 1.165) is 11.4 Å². The monoisotopic (exact) mass is 293 g/mol. The van der Waals surface area contributed by atoms with E-state index in [-0.39, 0.29) is 11.9 Å². The maximum Gasteiger partial charge on any atom is 0.242 e. The molecule has 0 fully saturated rings. The van der Waals surface area contributed by atoms with E-state index in [2.05, 4.69) is 22.3 Å². The summed E-state index contributed by atoms with van der Waals surface area (Å²) in [5, 5.41) is 7.80. The first-order valence-corrected chi connectivity index (χ1v) is 7.32. The molecule has 2 rings (SSSR count). The van der Waals surface area contributed by atoms with Crippen LogP contribution in [0.4, 0.5) is 0 Å². The molecule has 108 valence electrons. The molecule has 0 saturated heterocycles. The zero-order valence-electron chi connectivity index (χ0n) is 11.8. The fraction of sp³-hybridized carbons (Fsp3) is 0.462. The number of carbonyl (C=O) groups is 1. The molecule has 7 heteroatoms. The van der Waals surface area contributed by atoms with Crippen molar-refractivity contribution in [2.45, 2.75) is 32.4 Å². The molecule has 6 nitrogen and oxygen atoms in total. The van der Waals surface area contributed by atoms with Crippen molar-refractivity contribution < 1.29 is 4.79 Å². The van der Waals surface area contributed by atoms with Crippen LogP contribution in [0.3, 0.4) is 0 Å². The number of nitrogens with zero attached hydrogens (tertiary/aromatic N) is 3. The highest BCUT2D eigenvalue weighted by Crippen LogP contribution is 2.21. The Hall–Kier alpha value is -1.73. The Labute approximate surface area is 122 Å². The van der Waals surface area contributed by atoms with Crippen molar-refractivity contribution in [3.8, 4) is 0 Å². The summed E-state index contributed by atoms with van der Waals surface area (Å²) in [5.74, 6) is -0.223. The summed E-state index contributed by atoms with van der Waals surface area (Å²) < 4.78 is 1.63. The van der Waals surface area contributed by atoms with Gasteiger partial charge in [-0.2, -0.15) is 5.10 Å². The van der Waals surface area contributed by atoms with E-state index >= 15 is 0 Å². The van der Waals surface area contributed by atoms with Crippen LogP contribution < -0.4 is 11.1 Å². The average Bonchev–Trinajstić information content (AvgIpc) is 3.06. The Morgan fingerprint density at radius 2 is 2.30 bits per heavy atom. The van der Waals surface area contributed by atoms with Gasteiger partial charge in [0.25, 0.3) is 0 Å². The van der Waals surface area contributed by atoms with E-state index in [1.807, 2.05) is 13.1 Å². The van der Waals surface area contributed by atoms with Gasteiger partial charge in [0, 0.05) is 29.9 Å². The fourth-order valence-corrected chi connectivity index (χ4v) is 2.66. The Bertz CT molecular complexity index is 591. The van der Waals surface area contributed by atoms with E-state index in [4.69, 9.17) is 5.73 Å². The number of hydrogen-bond donors (Lipinski definition) is 2. The highest BCUT2D eigenvalue weighted by molar-refractivity contribution is 7.11. The summed E-state index contributed by atoms with van der Waals surface area (Å²) in [6.07, 6.45) is 6.15. The molecule has 0 bridgehead atoms. The van der Waals surface area contributed by atoms with Crippen LogP contribution in [0, 0.1) is 0 Å². The largest absolute Gasteiger partial charge is 0.345 e. The Morgan fingerprint density at radius 1 is 1.55 bits per heavy atom. The second-order valence-corrected chi connectivity index (χ2v) is 5.82. The van der Waals surface area contributed by atoms with Gasteiger partial charge in [-0.15, -0.1) is 11.3 Å². The Morgan fingerprint density at radius 3 is 2.85 bits per heavy atom. The van der Waals surface area contributed by atoms with E-state index in [1.165, 1.54) is 4.88 Å². The average molecular weight is 293 g/mol. The SMILES string of the molecule is CCc1cnc(C(C)NC(=O)C(N)c2cnn(C)c2)s1. The van der Waals surface area contributed by atoms with Gasteiger partial charge in [-0.05, 0) is 13.3 Å². The smallest absolute Gasteiger partial charge is 0.242 e. The van der Waals surface area contributed by atoms with E-state index in [9.17, 15) is 4.79 Å². The van der Waals surface area contributed by atoms with Crippen LogP contribution >= 0.6 is 11.3 Å². The third-order valence-electron chi connectivity index (χ3n) is 3.02. The van der Waals surface area contributed by atoms with Gasteiger partial charge in [0.15, 0.2) is 0 Å². The molecule has 2 unspecified atom stereocenters. The number of nitrogens with one attached hydrogen (secondary N) is 1. The molecule has 3 N–H and O–H groups in total. The van der Waals surface area contributed by atoms with Crippen molar-refractivity contribution in [1.29, 1.82) is 0 Å². The lowest BCUT2D eigenvalue weighted by Crippen LogP contribution is -2.35. The Kier molecular flexibility index (Phi) is 4.51. The van der Waals surface area contributed by atoms with Gasteiger partial charge in [0.1, 0.15) is 11.0 Å². The van der Waals surface area contributed by atoms with Gasteiger partial charge >= 0.3 is 0 Å². The first-order valence-electron chi connectivity index (χ1n) is 6.50. The normalized spacial score (nSPS) is 14.0. The van der Waals surface area contributed by atoms with Crippen molar-refractivity contribution >= 4 is 17.2 Å². The number of rotatable bonds is 5. The topological polar surface area (TPSA) is 85.8 Å². The van der Waals surface area contributed by atoms with E-state index in [0.29, 0.717) is 5.56 Å². The molecule has 20 heavy (non-hydrogen) atoms. The zero-order chi connectivity index (χ0) is 14.7. The third-order valence-corrected chi connectivity index (χ3v) is 4.34. The molecule has 2 heterocycles. The predicted octanol–water partition coefficient (Wildman–Crippen LogP) is 1.32. The third kappa shape index (κ3) is 3.23. The Balaban J connectivity index is 2.00. The number of hydrogen-bond acceptors (Lipinski definition) is 5. The van der Waals surface area contributed by atoms with Crippen LogP contribution in [0.25, 0.3) is 0 Å². The maximum atomic E-state index is 12.1. The maximum absolute atomic E-state index is 12.1. The van der Waals surface area contributed by atoms with Crippen molar-refractivity contribution in [3.63, 3.8) is 0 Å². The molecule has 1 amide bonds. The number of carbonyl (C=O) groups excluding carboxylic acids is 1. The molecular weight excluding hydrogens is 274 g/mol. The number of amides is 1. The molecule has 0 aliphatic carbocycles. The summed E-state index contributed by atoms with van der Waals surface area (Å²) in [6.45, 7) is 3.99. The molecular formula is C13H19N5OS. The van der Waals surface area contributed by atoms with Crippen LogP contribution in [0.1, 0.15) is 41.4 Å². The summed E-state index contributed by atoms with van der Waals surface area (Å²) >= 11 is 1.61. The first kappa shape index (κ1) is 14.7. The van der Waals surface area contributed by atoms with Gasteiger partial charge in [0.2, 0.25) is 5.91 Å². The number of nitrogens with two attached hydrogens (primary N) is 1. The van der Waals surface area contributed by atoms with Crippen LogP contribution in [-0.4, -0.2) is 20.7 Å². The molecule has 2 aromatic rings. The minimum Gasteiger partial charge on any atom is -0.345 e. The lowest BCUT2D eigenvalue weighted by atomic mass is 10.1. The van der Waals surface area contributed by atoms with Crippen molar-refractivity contribution in [2.75, 3.05) is 0 Å².